The fourth-order valence-corrected chi connectivity index (χ4v) is 3.20. The first-order valence-electron chi connectivity index (χ1n) is 8.47. The Bertz CT molecular complexity index is 645. The molecule has 1 aliphatic rings. The summed E-state index contributed by atoms with van der Waals surface area (Å²) in [7, 11) is 0. The molecule has 0 unspecified atom stereocenters. The van der Waals surface area contributed by atoms with E-state index < -0.39 is 0 Å². The Labute approximate surface area is 137 Å². The van der Waals surface area contributed by atoms with Gasteiger partial charge in [-0.15, -0.1) is 0 Å². The van der Waals surface area contributed by atoms with Crippen LogP contribution in [0, 0.1) is 0 Å². The molecule has 0 bridgehead atoms. The number of rotatable bonds is 5. The van der Waals surface area contributed by atoms with Gasteiger partial charge in [-0.3, -0.25) is 4.90 Å². The average molecular weight is 315 g/mol. The maximum Gasteiger partial charge on any atom is 0.409 e. The second kappa shape index (κ2) is 7.51. The molecule has 23 heavy (non-hydrogen) atoms. The van der Waals surface area contributed by atoms with Crippen molar-refractivity contribution in [3.8, 4) is 0 Å². The van der Waals surface area contributed by atoms with Crippen LogP contribution in [-0.4, -0.2) is 60.2 Å². The van der Waals surface area contributed by atoms with E-state index in [9.17, 15) is 4.79 Å². The molecular weight excluding hydrogens is 290 g/mol. The highest BCUT2D eigenvalue weighted by Gasteiger charge is 2.21. The van der Waals surface area contributed by atoms with Crippen molar-refractivity contribution in [3.63, 3.8) is 0 Å². The molecule has 0 radical (unpaired) electrons. The molecule has 1 amide bonds. The van der Waals surface area contributed by atoms with E-state index in [0.29, 0.717) is 6.61 Å². The van der Waals surface area contributed by atoms with Crippen LogP contribution in [0.2, 0.25) is 0 Å². The van der Waals surface area contributed by atoms with Crippen molar-refractivity contribution in [1.29, 1.82) is 0 Å². The Morgan fingerprint density at radius 1 is 1.22 bits per heavy atom. The van der Waals surface area contributed by atoms with E-state index in [2.05, 4.69) is 40.3 Å². The fraction of sp³-hybridized carbons (Fsp3) is 0.500. The van der Waals surface area contributed by atoms with Crippen molar-refractivity contribution in [3.05, 3.63) is 36.0 Å². The van der Waals surface area contributed by atoms with Gasteiger partial charge in [0.1, 0.15) is 0 Å². The van der Waals surface area contributed by atoms with Gasteiger partial charge in [0.15, 0.2) is 0 Å². The first-order chi connectivity index (χ1) is 11.3. The predicted octanol–water partition coefficient (Wildman–Crippen LogP) is 2.87. The number of para-hydroxylation sites is 1. The van der Waals surface area contributed by atoms with Crippen LogP contribution < -0.4 is 0 Å². The zero-order valence-electron chi connectivity index (χ0n) is 13.8. The molecular formula is C18H25N3O2. The van der Waals surface area contributed by atoms with E-state index in [-0.39, 0.29) is 6.09 Å². The maximum absolute atomic E-state index is 11.7. The molecule has 0 aliphatic carbocycles. The van der Waals surface area contributed by atoms with Crippen molar-refractivity contribution in [2.24, 2.45) is 0 Å². The molecule has 1 N–H and O–H groups in total. The van der Waals surface area contributed by atoms with Gasteiger partial charge in [0.2, 0.25) is 0 Å². The lowest BCUT2D eigenvalue weighted by atomic mass is 10.1. The minimum Gasteiger partial charge on any atom is -0.450 e. The molecule has 2 aromatic rings. The molecule has 5 heteroatoms. The number of carbonyl (C=O) groups is 1. The third-order valence-electron chi connectivity index (χ3n) is 4.49. The first-order valence-corrected chi connectivity index (χ1v) is 8.47. The van der Waals surface area contributed by atoms with Crippen molar-refractivity contribution in [2.75, 3.05) is 39.3 Å². The number of H-pyrrole nitrogens is 1. The molecule has 1 aromatic carbocycles. The number of benzene rings is 1. The maximum atomic E-state index is 11.7. The Balaban J connectivity index is 1.43. The molecule has 124 valence electrons. The molecule has 1 aliphatic heterocycles. The van der Waals surface area contributed by atoms with Gasteiger partial charge in [0.05, 0.1) is 6.61 Å². The highest BCUT2D eigenvalue weighted by Crippen LogP contribution is 2.19. The van der Waals surface area contributed by atoms with Crippen molar-refractivity contribution in [1.82, 2.24) is 14.8 Å². The number of carbonyl (C=O) groups excluding carboxylic acids is 1. The van der Waals surface area contributed by atoms with Crippen molar-refractivity contribution in [2.45, 2.75) is 19.8 Å². The minimum absolute atomic E-state index is 0.175. The van der Waals surface area contributed by atoms with Crippen LogP contribution in [0.1, 0.15) is 18.9 Å². The lowest BCUT2D eigenvalue weighted by Crippen LogP contribution is -2.49. The first kappa shape index (κ1) is 15.9. The van der Waals surface area contributed by atoms with Gasteiger partial charge < -0.3 is 14.6 Å². The quantitative estimate of drug-likeness (QED) is 0.923. The number of aryl methyl sites for hydroxylation is 1. The normalized spacial score (nSPS) is 16.0. The van der Waals surface area contributed by atoms with E-state index >= 15 is 0 Å². The third-order valence-corrected chi connectivity index (χ3v) is 4.49. The highest BCUT2D eigenvalue weighted by molar-refractivity contribution is 5.82. The molecule has 0 atom stereocenters. The van der Waals surface area contributed by atoms with Crippen LogP contribution in [0.25, 0.3) is 10.9 Å². The van der Waals surface area contributed by atoms with Crippen molar-refractivity contribution < 1.29 is 9.53 Å². The fourth-order valence-electron chi connectivity index (χ4n) is 3.20. The molecule has 1 aromatic heterocycles. The lowest BCUT2D eigenvalue weighted by molar-refractivity contribution is 0.0794. The number of ether oxygens (including phenoxy) is 1. The summed E-state index contributed by atoms with van der Waals surface area (Å²) in [4.78, 5) is 19.3. The second-order valence-corrected chi connectivity index (χ2v) is 5.99. The molecule has 0 saturated carbocycles. The van der Waals surface area contributed by atoms with Crippen LogP contribution in [-0.2, 0) is 11.2 Å². The largest absolute Gasteiger partial charge is 0.450 e. The van der Waals surface area contributed by atoms with Crippen LogP contribution in [0.5, 0.6) is 0 Å². The summed E-state index contributed by atoms with van der Waals surface area (Å²) >= 11 is 0. The number of hydrogen-bond donors (Lipinski definition) is 1. The molecule has 5 nitrogen and oxygen atoms in total. The smallest absolute Gasteiger partial charge is 0.409 e. The number of aromatic amines is 1. The summed E-state index contributed by atoms with van der Waals surface area (Å²) < 4.78 is 5.05. The SMILES string of the molecule is CCOC(=O)N1CCN(CCCc2c[nH]c3ccccc23)CC1. The van der Waals surface area contributed by atoms with Crippen LogP contribution >= 0.6 is 0 Å². The monoisotopic (exact) mass is 315 g/mol. The lowest BCUT2D eigenvalue weighted by Gasteiger charge is -2.33. The minimum atomic E-state index is -0.175. The van der Waals surface area contributed by atoms with E-state index in [1.54, 1.807) is 4.90 Å². The number of aromatic nitrogens is 1. The van der Waals surface area contributed by atoms with Gasteiger partial charge in [-0.2, -0.15) is 0 Å². The van der Waals surface area contributed by atoms with Gasteiger partial charge in [-0.05, 0) is 37.9 Å². The number of nitrogens with zero attached hydrogens (tertiary/aromatic N) is 2. The van der Waals surface area contributed by atoms with Crippen LogP contribution in [0.15, 0.2) is 30.5 Å². The van der Waals surface area contributed by atoms with Gasteiger partial charge >= 0.3 is 6.09 Å². The Morgan fingerprint density at radius 3 is 2.78 bits per heavy atom. The Kier molecular flexibility index (Phi) is 5.18. The van der Waals surface area contributed by atoms with Gasteiger partial charge in [-0.1, -0.05) is 18.2 Å². The summed E-state index contributed by atoms with van der Waals surface area (Å²) in [6, 6.07) is 8.45. The topological polar surface area (TPSA) is 48.6 Å². The summed E-state index contributed by atoms with van der Waals surface area (Å²) in [6.45, 7) is 6.79. The number of nitrogens with one attached hydrogen (secondary N) is 1. The van der Waals surface area contributed by atoms with Crippen LogP contribution in [0.3, 0.4) is 0 Å². The predicted molar refractivity (Wildman–Crippen MR) is 91.7 cm³/mol. The molecule has 0 spiro atoms. The summed E-state index contributed by atoms with van der Waals surface area (Å²) in [5.41, 5.74) is 2.61. The van der Waals surface area contributed by atoms with Crippen molar-refractivity contribution >= 4 is 17.0 Å². The summed E-state index contributed by atoms with van der Waals surface area (Å²) in [5.74, 6) is 0. The molecule has 1 saturated heterocycles. The van der Waals surface area contributed by atoms with E-state index in [1.807, 2.05) is 6.92 Å². The number of hydrogen-bond acceptors (Lipinski definition) is 3. The number of amides is 1. The average Bonchev–Trinajstić information content (AvgIpc) is 2.99. The number of piperazine rings is 1. The third kappa shape index (κ3) is 3.85. The van der Waals surface area contributed by atoms with E-state index in [0.717, 1.165) is 45.6 Å². The van der Waals surface area contributed by atoms with E-state index in [4.69, 9.17) is 4.74 Å². The number of fused-ring (bicyclic) bond motifs is 1. The zero-order valence-corrected chi connectivity index (χ0v) is 13.8. The standard InChI is InChI=1S/C18H25N3O2/c1-2-23-18(22)21-12-10-20(11-13-21)9-5-6-15-14-19-17-8-4-3-7-16(15)17/h3-4,7-8,14,19H,2,5-6,9-13H2,1H3. The summed E-state index contributed by atoms with van der Waals surface area (Å²) in [5, 5.41) is 1.33. The van der Waals surface area contributed by atoms with Gasteiger partial charge in [0.25, 0.3) is 0 Å². The summed E-state index contributed by atoms with van der Waals surface area (Å²) in [6.07, 6.45) is 4.18. The molecule has 1 fully saturated rings. The highest BCUT2D eigenvalue weighted by atomic mass is 16.6. The van der Waals surface area contributed by atoms with Gasteiger partial charge in [0, 0.05) is 43.3 Å². The molecule has 2 heterocycles. The van der Waals surface area contributed by atoms with Crippen LogP contribution in [0.4, 0.5) is 4.79 Å². The second-order valence-electron chi connectivity index (χ2n) is 5.99. The molecule has 3 rings (SSSR count). The van der Waals surface area contributed by atoms with Gasteiger partial charge in [-0.25, -0.2) is 4.79 Å². The Morgan fingerprint density at radius 2 is 2.00 bits per heavy atom. The zero-order chi connectivity index (χ0) is 16.1. The Hall–Kier alpha value is -2.01. The van der Waals surface area contributed by atoms with E-state index in [1.165, 1.54) is 16.5 Å².